The molecule has 0 aliphatic carbocycles. The zero-order chi connectivity index (χ0) is 59.1. The highest BCUT2D eigenvalue weighted by atomic mass is 16.6. The van der Waals surface area contributed by atoms with Crippen molar-refractivity contribution in [1.29, 1.82) is 0 Å². The quantitative estimate of drug-likeness (QED) is 0.171. The molecule has 79 heavy (non-hydrogen) atoms. The van der Waals surface area contributed by atoms with Crippen LogP contribution in [0.2, 0.25) is 0 Å². The standard InChI is InChI=1S/C32H50N4O6.C28H44N4O5/c1-10-13-27(37)33-15-17-35-25-19-24(22(11-2)18-26(25)41-32(8,9)29(35)39)28(38)36(21(3)4)23-14-12-16-34(20-23)30(40)42-31(5,6)7;1-9-19-15-23-22(31(14-12-29)25(34)28(7,8)36-23)16-21(19)24(33)32(18(2)3)20-11-10-13-30(17-20)26(35)37-27(4,5)6/h18-19,21,23H,10-17,20H2,1-9H3,(H,33,37);15-16,18,20H,9-14,17,29H2,1-8H3/t23-;20-/m11/s1. The Balaban J connectivity index is 0.000000293. The van der Waals surface area contributed by atoms with Crippen LogP contribution < -0.4 is 30.3 Å². The van der Waals surface area contributed by atoms with Gasteiger partial charge in [-0.15, -0.1) is 0 Å². The number of likely N-dealkylation sites (tertiary alicyclic amines) is 2. The molecular weight excluding hydrogens is 1010 g/mol. The van der Waals surface area contributed by atoms with Crippen molar-refractivity contribution in [2.45, 2.75) is 216 Å². The first kappa shape index (κ1) is 63.7. The average molecular weight is 1100 g/mol. The molecule has 0 aromatic heterocycles. The van der Waals surface area contributed by atoms with Gasteiger partial charge in [-0.1, -0.05) is 20.8 Å². The summed E-state index contributed by atoms with van der Waals surface area (Å²) in [4.78, 5) is 103. The van der Waals surface area contributed by atoms with Crippen molar-refractivity contribution in [3.05, 3.63) is 46.5 Å². The third-order valence-corrected chi connectivity index (χ3v) is 14.4. The number of rotatable bonds is 15. The van der Waals surface area contributed by atoms with Crippen LogP contribution in [0.3, 0.4) is 0 Å². The summed E-state index contributed by atoms with van der Waals surface area (Å²) >= 11 is 0. The molecule has 0 unspecified atom stereocenters. The summed E-state index contributed by atoms with van der Waals surface area (Å²) in [6.45, 7) is 35.1. The van der Waals surface area contributed by atoms with Crippen LogP contribution in [0.5, 0.6) is 11.5 Å². The summed E-state index contributed by atoms with van der Waals surface area (Å²) in [5.74, 6) is 0.381. The number of anilines is 2. The predicted molar refractivity (Wildman–Crippen MR) is 307 cm³/mol. The zero-order valence-electron chi connectivity index (χ0n) is 50.7. The minimum atomic E-state index is -1.09. The van der Waals surface area contributed by atoms with Gasteiger partial charge in [-0.3, -0.25) is 24.0 Å². The Morgan fingerprint density at radius 1 is 0.671 bits per heavy atom. The van der Waals surface area contributed by atoms with Crippen molar-refractivity contribution >= 4 is 53.1 Å². The average Bonchev–Trinajstić information content (AvgIpc) is 3.38. The number of ether oxygens (including phenoxy) is 4. The van der Waals surface area contributed by atoms with Crippen LogP contribution in [0.15, 0.2) is 24.3 Å². The van der Waals surface area contributed by atoms with Crippen molar-refractivity contribution < 1.29 is 52.5 Å². The van der Waals surface area contributed by atoms with Gasteiger partial charge in [0.2, 0.25) is 5.91 Å². The zero-order valence-corrected chi connectivity index (χ0v) is 50.7. The Morgan fingerprint density at radius 2 is 1.06 bits per heavy atom. The summed E-state index contributed by atoms with van der Waals surface area (Å²) < 4.78 is 23.4. The minimum Gasteiger partial charge on any atom is -0.476 e. The molecule has 3 N–H and O–H groups in total. The second-order valence-electron chi connectivity index (χ2n) is 24.7. The molecule has 19 nitrogen and oxygen atoms in total. The third kappa shape index (κ3) is 15.6. The van der Waals surface area contributed by atoms with E-state index in [4.69, 9.17) is 24.7 Å². The monoisotopic (exact) mass is 1100 g/mol. The number of nitrogens with one attached hydrogen (secondary N) is 1. The lowest BCUT2D eigenvalue weighted by atomic mass is 9.96. The van der Waals surface area contributed by atoms with Crippen LogP contribution in [0.25, 0.3) is 0 Å². The molecule has 2 atom stereocenters. The maximum Gasteiger partial charge on any atom is 0.410 e. The number of hydrogen-bond donors (Lipinski definition) is 2. The number of fused-ring (bicyclic) bond motifs is 2. The van der Waals surface area contributed by atoms with Crippen molar-refractivity contribution in [3.63, 3.8) is 0 Å². The van der Waals surface area contributed by atoms with Gasteiger partial charge in [-0.2, -0.15) is 0 Å². The van der Waals surface area contributed by atoms with Crippen molar-refractivity contribution in [1.82, 2.24) is 24.9 Å². The van der Waals surface area contributed by atoms with E-state index >= 15 is 0 Å². The minimum absolute atomic E-state index is 0.0598. The number of nitrogens with zero attached hydrogens (tertiary/aromatic N) is 6. The number of carbonyl (C=O) groups excluding carboxylic acids is 7. The van der Waals surface area contributed by atoms with Gasteiger partial charge in [-0.05, 0) is 177 Å². The lowest BCUT2D eigenvalue weighted by Gasteiger charge is -2.42. The molecule has 4 aliphatic heterocycles. The fourth-order valence-electron chi connectivity index (χ4n) is 10.8. The van der Waals surface area contributed by atoms with E-state index in [1.165, 1.54) is 0 Å². The molecule has 2 aromatic carbocycles. The highest BCUT2D eigenvalue weighted by Gasteiger charge is 2.44. The number of amides is 7. The second kappa shape index (κ2) is 26.0. The van der Waals surface area contributed by atoms with E-state index in [1.807, 2.05) is 112 Å². The largest absolute Gasteiger partial charge is 0.476 e. The Bertz CT molecular complexity index is 2550. The number of aryl methyl sites for hydroxylation is 2. The molecule has 2 aromatic rings. The Morgan fingerprint density at radius 3 is 1.41 bits per heavy atom. The van der Waals surface area contributed by atoms with E-state index in [1.54, 1.807) is 59.4 Å². The highest BCUT2D eigenvalue weighted by molar-refractivity contribution is 6.06. The first-order valence-corrected chi connectivity index (χ1v) is 28.7. The van der Waals surface area contributed by atoms with Crippen LogP contribution in [0, 0.1) is 0 Å². The molecular formula is C60H94N8O11. The molecule has 19 heteroatoms. The number of nitrogens with two attached hydrogens (primary N) is 1. The van der Waals surface area contributed by atoms with E-state index in [9.17, 15) is 33.6 Å². The van der Waals surface area contributed by atoms with Crippen molar-refractivity contribution in [2.75, 3.05) is 62.2 Å². The smallest absolute Gasteiger partial charge is 0.410 e. The molecule has 0 radical (unpaired) electrons. The van der Waals surface area contributed by atoms with Crippen LogP contribution in [-0.2, 0) is 36.7 Å². The van der Waals surface area contributed by atoms with Gasteiger partial charge in [0, 0.05) is 82.0 Å². The van der Waals surface area contributed by atoms with E-state index in [-0.39, 0.29) is 72.4 Å². The van der Waals surface area contributed by atoms with Gasteiger partial charge < -0.3 is 59.4 Å². The molecule has 6 rings (SSSR count). The number of carbonyl (C=O) groups is 7. The molecule has 0 saturated carbocycles. The molecule has 2 saturated heterocycles. The normalized spacial score (nSPS) is 18.8. The Hall–Kier alpha value is -6.11. The maximum absolute atomic E-state index is 14.3. The first-order chi connectivity index (χ1) is 36.8. The summed E-state index contributed by atoms with van der Waals surface area (Å²) in [5, 5.41) is 2.88. The topological polar surface area (TPSA) is 214 Å². The molecule has 2 fully saturated rings. The van der Waals surface area contributed by atoms with Gasteiger partial charge >= 0.3 is 12.2 Å². The number of benzene rings is 2. The summed E-state index contributed by atoms with van der Waals surface area (Å²) in [6, 6.07) is 6.76. The summed E-state index contributed by atoms with van der Waals surface area (Å²) in [7, 11) is 0. The highest BCUT2D eigenvalue weighted by Crippen LogP contribution is 2.42. The van der Waals surface area contributed by atoms with Crippen molar-refractivity contribution in [3.8, 4) is 11.5 Å². The van der Waals surface area contributed by atoms with Crippen LogP contribution in [0.4, 0.5) is 21.0 Å². The van der Waals surface area contributed by atoms with Gasteiger partial charge in [-0.25, -0.2) is 9.59 Å². The SMILES string of the molecule is CCCC(=O)NCCN1C(=O)C(C)(C)Oc2cc(CC)c(C(=O)N(C(C)C)[C@@H]3CCCN(C(=O)OC(C)(C)C)C3)cc21.CCc1cc2c(cc1C(=O)N(C(C)C)[C@@H]1CCCN(C(=O)OC(C)(C)C)C1)N(CCN)C(=O)C(C)(C)O2. The van der Waals surface area contributed by atoms with E-state index < -0.39 is 22.4 Å². The fourth-order valence-corrected chi connectivity index (χ4v) is 10.8. The van der Waals surface area contributed by atoms with Gasteiger partial charge in [0.1, 0.15) is 22.7 Å². The van der Waals surface area contributed by atoms with Gasteiger partial charge in [0.15, 0.2) is 11.2 Å². The lowest BCUT2D eigenvalue weighted by Crippen LogP contribution is -2.55. The third-order valence-electron chi connectivity index (χ3n) is 14.4. The van der Waals surface area contributed by atoms with Gasteiger partial charge in [0.25, 0.3) is 23.6 Å². The van der Waals surface area contributed by atoms with Crippen LogP contribution in [-0.4, -0.2) is 160 Å². The van der Waals surface area contributed by atoms with Crippen LogP contribution in [0.1, 0.15) is 188 Å². The first-order valence-electron chi connectivity index (χ1n) is 28.7. The molecule has 4 heterocycles. The predicted octanol–water partition coefficient (Wildman–Crippen LogP) is 8.88. The number of piperidine rings is 2. The molecule has 0 bridgehead atoms. The van der Waals surface area contributed by atoms with Crippen LogP contribution >= 0.6 is 0 Å². The maximum atomic E-state index is 14.3. The summed E-state index contributed by atoms with van der Waals surface area (Å²) in [5.41, 5.74) is 6.36. The van der Waals surface area contributed by atoms with E-state index in [0.29, 0.717) is 99.1 Å². The van der Waals surface area contributed by atoms with Crippen molar-refractivity contribution in [2.24, 2.45) is 5.73 Å². The van der Waals surface area contributed by atoms with E-state index in [0.717, 1.165) is 43.2 Å². The molecule has 440 valence electrons. The Kier molecular flexibility index (Phi) is 21.0. The summed E-state index contributed by atoms with van der Waals surface area (Å²) in [6.07, 6.45) is 4.79. The molecule has 4 aliphatic rings. The van der Waals surface area contributed by atoms with E-state index in [2.05, 4.69) is 5.32 Å². The second-order valence-corrected chi connectivity index (χ2v) is 24.7. The lowest BCUT2D eigenvalue weighted by molar-refractivity contribution is -0.133. The fraction of sp³-hybridized carbons (Fsp3) is 0.683. The molecule has 7 amide bonds. The Labute approximate surface area is 470 Å². The molecule has 0 spiro atoms. The number of hydrogen-bond acceptors (Lipinski definition) is 12. The van der Waals surface area contributed by atoms with Gasteiger partial charge in [0.05, 0.1) is 23.5 Å².